The Balaban J connectivity index is 1.36. The molecule has 0 bridgehead atoms. The molecule has 1 atom stereocenters. The van der Waals surface area contributed by atoms with Gasteiger partial charge in [0.05, 0.1) is 0 Å². The average molecular weight is 431 g/mol. The monoisotopic (exact) mass is 430 g/mol. The number of fused-ring (bicyclic) bond motifs is 1. The van der Waals surface area contributed by atoms with Crippen molar-refractivity contribution < 1.29 is 4.79 Å². The molecule has 1 N–H and O–H groups in total. The number of piperidine rings is 1. The molecule has 166 valence electrons. The molecular formula is C25H30N6O. The fraction of sp³-hybridized carbons (Fsp3) is 0.440. The highest BCUT2D eigenvalue weighted by Crippen LogP contribution is 2.32. The highest BCUT2D eigenvalue weighted by atomic mass is 16.2. The van der Waals surface area contributed by atoms with Crippen molar-refractivity contribution in [1.82, 2.24) is 25.1 Å². The molecular weight excluding hydrogens is 400 g/mol. The van der Waals surface area contributed by atoms with E-state index in [4.69, 9.17) is 9.97 Å². The maximum atomic E-state index is 12.8. The van der Waals surface area contributed by atoms with Gasteiger partial charge in [-0.15, -0.1) is 0 Å². The molecule has 2 aliphatic rings. The van der Waals surface area contributed by atoms with Gasteiger partial charge in [-0.05, 0) is 50.7 Å². The number of carbonyl (C=O) groups excluding carboxylic acids is 1. The van der Waals surface area contributed by atoms with Gasteiger partial charge in [0.15, 0.2) is 0 Å². The Hall–Kier alpha value is -3.22. The van der Waals surface area contributed by atoms with Crippen LogP contribution in [-0.4, -0.2) is 57.2 Å². The van der Waals surface area contributed by atoms with Crippen molar-refractivity contribution in [3.63, 3.8) is 0 Å². The van der Waals surface area contributed by atoms with Crippen LogP contribution < -0.4 is 4.90 Å². The summed E-state index contributed by atoms with van der Waals surface area (Å²) in [4.78, 5) is 27.2. The summed E-state index contributed by atoms with van der Waals surface area (Å²) in [5.41, 5.74) is 4.27. The summed E-state index contributed by atoms with van der Waals surface area (Å²) in [6, 6.07) is 12.4. The second kappa shape index (κ2) is 9.10. The molecule has 0 aliphatic carbocycles. The third-order valence-corrected chi connectivity index (χ3v) is 6.68. The molecule has 1 aromatic carbocycles. The van der Waals surface area contributed by atoms with E-state index in [1.807, 2.05) is 4.90 Å². The van der Waals surface area contributed by atoms with Crippen LogP contribution in [0.25, 0.3) is 0 Å². The number of carbonyl (C=O) groups is 1. The lowest BCUT2D eigenvalue weighted by molar-refractivity contribution is 0.0698. The van der Waals surface area contributed by atoms with E-state index in [0.29, 0.717) is 12.2 Å². The predicted octanol–water partition coefficient (Wildman–Crippen LogP) is 3.52. The van der Waals surface area contributed by atoms with Crippen molar-refractivity contribution in [2.45, 2.75) is 44.9 Å². The summed E-state index contributed by atoms with van der Waals surface area (Å²) < 4.78 is 0. The van der Waals surface area contributed by atoms with E-state index in [0.717, 1.165) is 69.1 Å². The van der Waals surface area contributed by atoms with E-state index in [9.17, 15) is 4.79 Å². The van der Waals surface area contributed by atoms with E-state index in [-0.39, 0.29) is 11.8 Å². The smallest absolute Gasteiger partial charge is 0.271 e. The highest BCUT2D eigenvalue weighted by molar-refractivity contribution is 5.92. The standard InChI is InChI=1S/C25H30N6O/c1-18-21-10-6-14-30(16-12-19-7-3-2-4-8-19)24(21)28-23(27-18)20-9-5-15-31(17-20)25(32)22-11-13-26-29-22/h2-4,7-8,11,13,20H,5-6,9-10,12,14-17H2,1H3,(H,26,29). The van der Waals surface area contributed by atoms with Gasteiger partial charge in [-0.2, -0.15) is 5.10 Å². The Bertz CT molecular complexity index is 1070. The van der Waals surface area contributed by atoms with Crippen molar-refractivity contribution in [3.05, 3.63) is 70.9 Å². The lowest BCUT2D eigenvalue weighted by atomic mass is 9.95. The van der Waals surface area contributed by atoms with Crippen LogP contribution in [-0.2, 0) is 12.8 Å². The fourth-order valence-electron chi connectivity index (χ4n) is 4.94. The Labute approximate surface area is 188 Å². The van der Waals surface area contributed by atoms with Crippen LogP contribution in [0, 0.1) is 6.92 Å². The second-order valence-electron chi connectivity index (χ2n) is 8.86. The van der Waals surface area contributed by atoms with Crippen LogP contribution >= 0.6 is 0 Å². The Morgan fingerprint density at radius 1 is 1.12 bits per heavy atom. The molecule has 0 spiro atoms. The summed E-state index contributed by atoms with van der Waals surface area (Å²) >= 11 is 0. The van der Waals surface area contributed by atoms with Crippen LogP contribution in [0.2, 0.25) is 0 Å². The molecule has 1 saturated heterocycles. The molecule has 0 radical (unpaired) electrons. The zero-order valence-electron chi connectivity index (χ0n) is 18.6. The number of rotatable bonds is 5. The van der Waals surface area contributed by atoms with Crippen molar-refractivity contribution >= 4 is 11.7 Å². The quantitative estimate of drug-likeness (QED) is 0.670. The van der Waals surface area contributed by atoms with Gasteiger partial charge < -0.3 is 9.80 Å². The van der Waals surface area contributed by atoms with Crippen LogP contribution in [0.15, 0.2) is 42.6 Å². The van der Waals surface area contributed by atoms with Crippen LogP contribution in [0.3, 0.4) is 0 Å². The SMILES string of the molecule is Cc1nc(C2CCCN(C(=O)c3ccn[nH]3)C2)nc2c1CCCN2CCc1ccccc1. The Kier molecular flexibility index (Phi) is 5.88. The first-order valence-electron chi connectivity index (χ1n) is 11.6. The number of benzene rings is 1. The topological polar surface area (TPSA) is 78.0 Å². The van der Waals surface area contributed by atoms with E-state index < -0.39 is 0 Å². The maximum Gasteiger partial charge on any atom is 0.271 e. The number of hydrogen-bond donors (Lipinski definition) is 1. The van der Waals surface area contributed by atoms with Gasteiger partial charge in [-0.1, -0.05) is 30.3 Å². The number of nitrogens with one attached hydrogen (secondary N) is 1. The fourth-order valence-corrected chi connectivity index (χ4v) is 4.94. The minimum absolute atomic E-state index is 0.00590. The molecule has 1 fully saturated rings. The number of hydrogen-bond acceptors (Lipinski definition) is 5. The van der Waals surface area contributed by atoms with Gasteiger partial charge in [0.1, 0.15) is 17.3 Å². The molecule has 2 aliphatic heterocycles. The third kappa shape index (κ3) is 4.24. The van der Waals surface area contributed by atoms with Gasteiger partial charge in [0, 0.05) is 49.6 Å². The minimum Gasteiger partial charge on any atom is -0.356 e. The molecule has 1 amide bonds. The number of H-pyrrole nitrogens is 1. The van der Waals surface area contributed by atoms with Crippen molar-refractivity contribution in [3.8, 4) is 0 Å². The summed E-state index contributed by atoms with van der Waals surface area (Å²) in [6.45, 7) is 5.52. The molecule has 7 heteroatoms. The largest absolute Gasteiger partial charge is 0.356 e. The first kappa shape index (κ1) is 20.7. The van der Waals surface area contributed by atoms with Crippen molar-refractivity contribution in [2.24, 2.45) is 0 Å². The number of aryl methyl sites for hydroxylation is 1. The van der Waals surface area contributed by atoms with E-state index >= 15 is 0 Å². The van der Waals surface area contributed by atoms with Crippen molar-refractivity contribution in [1.29, 1.82) is 0 Å². The molecule has 1 unspecified atom stereocenters. The summed E-state index contributed by atoms with van der Waals surface area (Å²) in [5.74, 6) is 2.16. The summed E-state index contributed by atoms with van der Waals surface area (Å²) in [6.07, 6.45) is 6.78. The van der Waals surface area contributed by atoms with Crippen LogP contribution in [0.4, 0.5) is 5.82 Å². The van der Waals surface area contributed by atoms with Crippen LogP contribution in [0.5, 0.6) is 0 Å². The number of nitrogens with zero attached hydrogens (tertiary/aromatic N) is 5. The lowest BCUT2D eigenvalue weighted by Crippen LogP contribution is -2.40. The Morgan fingerprint density at radius 2 is 2.00 bits per heavy atom. The van der Waals surface area contributed by atoms with Crippen molar-refractivity contribution in [2.75, 3.05) is 31.1 Å². The number of aromatic amines is 1. The molecule has 0 saturated carbocycles. The van der Waals surface area contributed by atoms with Gasteiger partial charge in [0.25, 0.3) is 5.91 Å². The zero-order chi connectivity index (χ0) is 21.9. The molecule has 32 heavy (non-hydrogen) atoms. The van der Waals surface area contributed by atoms with Gasteiger partial charge in [-0.3, -0.25) is 9.89 Å². The third-order valence-electron chi connectivity index (χ3n) is 6.68. The molecule has 2 aromatic heterocycles. The van der Waals surface area contributed by atoms with E-state index in [2.05, 4.69) is 52.4 Å². The summed E-state index contributed by atoms with van der Waals surface area (Å²) in [7, 11) is 0. The number of likely N-dealkylation sites (tertiary alicyclic amines) is 1. The number of aromatic nitrogens is 4. The Morgan fingerprint density at radius 3 is 2.81 bits per heavy atom. The number of anilines is 1. The van der Waals surface area contributed by atoms with Crippen LogP contribution in [0.1, 0.15) is 58.3 Å². The zero-order valence-corrected chi connectivity index (χ0v) is 18.6. The minimum atomic E-state index is 0.00590. The van der Waals surface area contributed by atoms with E-state index in [1.54, 1.807) is 12.3 Å². The molecule has 7 nitrogen and oxygen atoms in total. The first-order valence-corrected chi connectivity index (χ1v) is 11.6. The molecule has 3 aromatic rings. The first-order chi connectivity index (χ1) is 15.7. The molecule has 5 rings (SSSR count). The molecule has 4 heterocycles. The summed E-state index contributed by atoms with van der Waals surface area (Å²) in [5, 5.41) is 6.71. The lowest BCUT2D eigenvalue weighted by Gasteiger charge is -2.34. The normalized spacial score (nSPS) is 18.5. The van der Waals surface area contributed by atoms with Gasteiger partial charge in [0.2, 0.25) is 0 Å². The second-order valence-corrected chi connectivity index (χ2v) is 8.86. The maximum absolute atomic E-state index is 12.8. The predicted molar refractivity (Wildman–Crippen MR) is 124 cm³/mol. The highest BCUT2D eigenvalue weighted by Gasteiger charge is 2.30. The van der Waals surface area contributed by atoms with Gasteiger partial charge >= 0.3 is 0 Å². The average Bonchev–Trinajstić information content (AvgIpc) is 3.38. The van der Waals surface area contributed by atoms with E-state index in [1.165, 1.54) is 11.1 Å². The van der Waals surface area contributed by atoms with Gasteiger partial charge in [-0.25, -0.2) is 9.97 Å². The number of amides is 1.